The highest BCUT2D eigenvalue weighted by atomic mass is 32.2. The van der Waals surface area contributed by atoms with Crippen molar-refractivity contribution in [2.75, 3.05) is 32.6 Å². The molecule has 0 aromatic heterocycles. The summed E-state index contributed by atoms with van der Waals surface area (Å²) in [5.74, 6) is -0.169. The molecule has 0 radical (unpaired) electrons. The maximum absolute atomic E-state index is 13.9. The van der Waals surface area contributed by atoms with Crippen molar-refractivity contribution in [2.24, 2.45) is 0 Å². The molecule has 1 aliphatic heterocycles. The molecule has 0 saturated heterocycles. The minimum Gasteiger partial charge on any atom is -0.494 e. The summed E-state index contributed by atoms with van der Waals surface area (Å²) in [6.07, 6.45) is -0.177. The number of nitrogens with zero attached hydrogens (tertiary/aromatic N) is 1. The third-order valence-electron chi connectivity index (χ3n) is 4.78. The van der Waals surface area contributed by atoms with Gasteiger partial charge in [-0.3, -0.25) is 4.79 Å². The van der Waals surface area contributed by atoms with Gasteiger partial charge in [-0.2, -0.15) is 0 Å². The molecule has 1 heterocycles. The van der Waals surface area contributed by atoms with E-state index in [-0.39, 0.29) is 35.3 Å². The Morgan fingerprint density at radius 3 is 2.53 bits per heavy atom. The standard InChI is InChI=1S/C21H24FNO6S/c1-3-23(14-15-4-6-18(27-2)17(22)12-15)21(24)8-11-30(25,26)16-5-7-19-20(13-16)29-10-9-28-19/h4-7,12-13H,3,8-11,14H2,1-2H3. The maximum atomic E-state index is 13.9. The van der Waals surface area contributed by atoms with Crippen LogP contribution in [0.4, 0.5) is 4.39 Å². The summed E-state index contributed by atoms with van der Waals surface area (Å²) in [7, 11) is -2.30. The number of carbonyl (C=O) groups excluding carboxylic acids is 1. The average molecular weight is 437 g/mol. The molecule has 7 nitrogen and oxygen atoms in total. The second kappa shape index (κ2) is 9.34. The number of rotatable bonds is 8. The van der Waals surface area contributed by atoms with Gasteiger partial charge in [0.2, 0.25) is 5.91 Å². The zero-order valence-corrected chi connectivity index (χ0v) is 17.7. The van der Waals surface area contributed by atoms with E-state index in [1.807, 2.05) is 0 Å². The number of ether oxygens (including phenoxy) is 3. The highest BCUT2D eigenvalue weighted by molar-refractivity contribution is 7.91. The largest absolute Gasteiger partial charge is 0.494 e. The Kier molecular flexibility index (Phi) is 6.81. The Bertz CT molecular complexity index is 1020. The second-order valence-electron chi connectivity index (χ2n) is 6.75. The van der Waals surface area contributed by atoms with E-state index in [1.54, 1.807) is 19.1 Å². The molecule has 0 unspecified atom stereocenters. The number of fused-ring (bicyclic) bond motifs is 1. The molecule has 0 N–H and O–H groups in total. The second-order valence-corrected chi connectivity index (χ2v) is 8.86. The monoisotopic (exact) mass is 437 g/mol. The van der Waals surface area contributed by atoms with Gasteiger partial charge < -0.3 is 19.1 Å². The van der Waals surface area contributed by atoms with Gasteiger partial charge >= 0.3 is 0 Å². The van der Waals surface area contributed by atoms with E-state index in [9.17, 15) is 17.6 Å². The van der Waals surface area contributed by atoms with Gasteiger partial charge in [-0.1, -0.05) is 6.07 Å². The lowest BCUT2D eigenvalue weighted by atomic mass is 10.2. The molecule has 0 bridgehead atoms. The van der Waals surface area contributed by atoms with Gasteiger partial charge in [0.15, 0.2) is 32.9 Å². The highest BCUT2D eigenvalue weighted by Crippen LogP contribution is 2.32. The molecule has 30 heavy (non-hydrogen) atoms. The fourth-order valence-corrected chi connectivity index (χ4v) is 4.36. The van der Waals surface area contributed by atoms with E-state index in [0.29, 0.717) is 36.8 Å². The van der Waals surface area contributed by atoms with Crippen LogP contribution >= 0.6 is 0 Å². The molecule has 1 aliphatic rings. The van der Waals surface area contributed by atoms with E-state index in [2.05, 4.69) is 0 Å². The predicted molar refractivity (Wildman–Crippen MR) is 108 cm³/mol. The van der Waals surface area contributed by atoms with Gasteiger partial charge in [-0.15, -0.1) is 0 Å². The van der Waals surface area contributed by atoms with Crippen LogP contribution in [0.5, 0.6) is 17.2 Å². The smallest absolute Gasteiger partial charge is 0.223 e. The van der Waals surface area contributed by atoms with Crippen molar-refractivity contribution in [3.63, 3.8) is 0 Å². The van der Waals surface area contributed by atoms with E-state index >= 15 is 0 Å². The zero-order valence-electron chi connectivity index (χ0n) is 16.9. The Morgan fingerprint density at radius 1 is 1.13 bits per heavy atom. The lowest BCUT2D eigenvalue weighted by Crippen LogP contribution is -2.31. The lowest BCUT2D eigenvalue weighted by Gasteiger charge is -2.21. The Balaban J connectivity index is 1.64. The van der Waals surface area contributed by atoms with Gasteiger partial charge in [0.1, 0.15) is 13.2 Å². The third-order valence-corrected chi connectivity index (χ3v) is 6.50. The Labute approximate surface area is 175 Å². The maximum Gasteiger partial charge on any atom is 0.223 e. The van der Waals surface area contributed by atoms with Gasteiger partial charge in [0, 0.05) is 25.6 Å². The van der Waals surface area contributed by atoms with Crippen molar-refractivity contribution in [2.45, 2.75) is 24.8 Å². The topological polar surface area (TPSA) is 82.1 Å². The normalized spacial score (nSPS) is 13.0. The van der Waals surface area contributed by atoms with Crippen LogP contribution in [0, 0.1) is 5.82 Å². The fraction of sp³-hybridized carbons (Fsp3) is 0.381. The number of sulfone groups is 1. The first kappa shape index (κ1) is 21.9. The summed E-state index contributed by atoms with van der Waals surface area (Å²) < 4.78 is 55.0. The predicted octanol–water partition coefficient (Wildman–Crippen LogP) is 2.82. The van der Waals surface area contributed by atoms with Gasteiger partial charge in [-0.25, -0.2) is 12.8 Å². The molecule has 162 valence electrons. The molecule has 0 aliphatic carbocycles. The van der Waals surface area contributed by atoms with E-state index in [1.165, 1.54) is 36.3 Å². The molecule has 3 rings (SSSR count). The van der Waals surface area contributed by atoms with Crippen LogP contribution in [0.1, 0.15) is 18.9 Å². The lowest BCUT2D eigenvalue weighted by molar-refractivity contribution is -0.131. The Hall–Kier alpha value is -2.81. The van der Waals surface area contributed by atoms with Crippen LogP contribution in [0.2, 0.25) is 0 Å². The van der Waals surface area contributed by atoms with Gasteiger partial charge in [0.25, 0.3) is 0 Å². The summed E-state index contributed by atoms with van der Waals surface area (Å²) in [6, 6.07) is 8.90. The minimum absolute atomic E-state index is 0.0832. The molecule has 9 heteroatoms. The summed E-state index contributed by atoms with van der Waals surface area (Å²) in [5.41, 5.74) is 0.596. The molecule has 0 spiro atoms. The van der Waals surface area contributed by atoms with Crippen molar-refractivity contribution >= 4 is 15.7 Å². The molecular formula is C21H24FNO6S. The van der Waals surface area contributed by atoms with Crippen molar-refractivity contribution in [1.29, 1.82) is 0 Å². The van der Waals surface area contributed by atoms with Gasteiger partial charge in [-0.05, 0) is 36.8 Å². The zero-order chi connectivity index (χ0) is 21.7. The van der Waals surface area contributed by atoms with Crippen LogP contribution in [0.3, 0.4) is 0 Å². The summed E-state index contributed by atoms with van der Waals surface area (Å²) in [4.78, 5) is 14.2. The summed E-state index contributed by atoms with van der Waals surface area (Å²) >= 11 is 0. The fourth-order valence-electron chi connectivity index (χ4n) is 3.12. The molecule has 2 aromatic carbocycles. The number of benzene rings is 2. The van der Waals surface area contributed by atoms with Crippen LogP contribution in [0.25, 0.3) is 0 Å². The molecule has 0 fully saturated rings. The quantitative estimate of drug-likeness (QED) is 0.632. The first-order chi connectivity index (χ1) is 14.3. The first-order valence-electron chi connectivity index (χ1n) is 9.56. The van der Waals surface area contributed by atoms with Crippen LogP contribution in [-0.4, -0.2) is 51.8 Å². The molecule has 0 atom stereocenters. The number of hydrogen-bond acceptors (Lipinski definition) is 6. The van der Waals surface area contributed by atoms with Crippen molar-refractivity contribution in [3.05, 3.63) is 47.8 Å². The number of hydrogen-bond donors (Lipinski definition) is 0. The van der Waals surface area contributed by atoms with Crippen LogP contribution in [-0.2, 0) is 21.2 Å². The first-order valence-corrected chi connectivity index (χ1v) is 11.2. The number of methoxy groups -OCH3 is 1. The van der Waals surface area contributed by atoms with Crippen molar-refractivity contribution < 1.29 is 31.8 Å². The Morgan fingerprint density at radius 2 is 1.87 bits per heavy atom. The molecule has 1 amide bonds. The number of carbonyl (C=O) groups is 1. The minimum atomic E-state index is -3.68. The van der Waals surface area contributed by atoms with Crippen molar-refractivity contribution in [3.8, 4) is 17.2 Å². The summed E-state index contributed by atoms with van der Waals surface area (Å²) in [5, 5.41) is 0. The highest BCUT2D eigenvalue weighted by Gasteiger charge is 2.22. The average Bonchev–Trinajstić information content (AvgIpc) is 2.75. The summed E-state index contributed by atoms with van der Waals surface area (Å²) in [6.45, 7) is 3.11. The number of halogens is 1. The van der Waals surface area contributed by atoms with Crippen LogP contribution in [0.15, 0.2) is 41.3 Å². The number of amides is 1. The molecular weight excluding hydrogens is 413 g/mol. The molecule has 0 saturated carbocycles. The van der Waals surface area contributed by atoms with Gasteiger partial charge in [0.05, 0.1) is 17.8 Å². The van der Waals surface area contributed by atoms with Crippen molar-refractivity contribution in [1.82, 2.24) is 4.90 Å². The third kappa shape index (κ3) is 5.02. The van der Waals surface area contributed by atoms with E-state index in [4.69, 9.17) is 14.2 Å². The SMILES string of the molecule is CCN(Cc1ccc(OC)c(F)c1)C(=O)CCS(=O)(=O)c1ccc2c(c1)OCCO2. The van der Waals surface area contributed by atoms with E-state index in [0.717, 1.165) is 0 Å². The molecule has 2 aromatic rings. The van der Waals surface area contributed by atoms with E-state index < -0.39 is 15.7 Å². The van der Waals surface area contributed by atoms with Crippen LogP contribution < -0.4 is 14.2 Å².